The van der Waals surface area contributed by atoms with Crippen molar-refractivity contribution in [1.29, 1.82) is 0 Å². The zero-order chi connectivity index (χ0) is 16.6. The van der Waals surface area contributed by atoms with E-state index >= 15 is 0 Å². The molecule has 0 bridgehead atoms. The van der Waals surface area contributed by atoms with Gasteiger partial charge in [-0.15, -0.1) is 0 Å². The lowest BCUT2D eigenvalue weighted by Gasteiger charge is -2.18. The van der Waals surface area contributed by atoms with Crippen molar-refractivity contribution >= 4 is 18.7 Å². The molecule has 0 heterocycles. The lowest BCUT2D eigenvalue weighted by Crippen LogP contribution is -2.41. The van der Waals surface area contributed by atoms with Gasteiger partial charge in [0.05, 0.1) is 0 Å². The third-order valence-corrected chi connectivity index (χ3v) is 5.58. The molecule has 130 valence electrons. The minimum atomic E-state index is -3.75. The number of halogens is 1. The van der Waals surface area contributed by atoms with Crippen LogP contribution in [0.25, 0.3) is 0 Å². The molecule has 0 radical (unpaired) electrons. The molecule has 0 spiro atoms. The molecule has 0 amide bonds. The van der Waals surface area contributed by atoms with Gasteiger partial charge >= 0.3 is 18.7 Å². The monoisotopic (exact) mass is 346 g/mol. The summed E-state index contributed by atoms with van der Waals surface area (Å²) in [5.74, 6) is 0. The van der Waals surface area contributed by atoms with Crippen molar-refractivity contribution < 1.29 is 30.7 Å². The fourth-order valence-electron chi connectivity index (χ4n) is 1.19. The maximum atomic E-state index is 13.3. The third kappa shape index (κ3) is 14.8. The number of rotatable bonds is 12. The van der Waals surface area contributed by atoms with Crippen molar-refractivity contribution in [2.75, 3.05) is 39.6 Å². The number of hydrogen-bond acceptors (Lipinski definition) is 6. The van der Waals surface area contributed by atoms with Gasteiger partial charge < -0.3 is 26.6 Å². The molecular formula is C12H31FO6Si2. The van der Waals surface area contributed by atoms with E-state index in [-0.39, 0.29) is 19.8 Å². The minimum absolute atomic E-state index is 0.280. The molecule has 9 heteroatoms. The molecule has 0 aromatic rings. The van der Waals surface area contributed by atoms with Crippen LogP contribution in [-0.4, -0.2) is 58.3 Å². The Morgan fingerprint density at radius 3 is 1.10 bits per heavy atom. The lowest BCUT2D eigenvalue weighted by atomic mass is 10.9. The van der Waals surface area contributed by atoms with Crippen LogP contribution in [0.4, 0.5) is 4.11 Å². The summed E-state index contributed by atoms with van der Waals surface area (Å²) in [7, 11) is -5.48. The molecule has 0 aromatic carbocycles. The molecular weight excluding hydrogens is 315 g/mol. The SMILES string of the molecule is CCO[SiH](OCC)OCC.CCO[Si](F)(OCC)OCC. The van der Waals surface area contributed by atoms with Crippen LogP contribution in [0.2, 0.25) is 0 Å². The Kier molecular flexibility index (Phi) is 18.4. The fraction of sp³-hybridized carbons (Fsp3) is 1.00. The summed E-state index contributed by atoms with van der Waals surface area (Å²) in [5, 5.41) is 0. The first-order valence-electron chi connectivity index (χ1n) is 7.48. The summed E-state index contributed by atoms with van der Waals surface area (Å²) in [6.45, 7) is 13.8. The molecule has 0 rings (SSSR count). The molecule has 0 unspecified atom stereocenters. The highest BCUT2D eigenvalue weighted by Crippen LogP contribution is 2.10. The molecule has 0 aromatic heterocycles. The topological polar surface area (TPSA) is 55.4 Å². The average molecular weight is 347 g/mol. The van der Waals surface area contributed by atoms with Crippen LogP contribution in [0.5, 0.6) is 0 Å². The summed E-state index contributed by atoms with van der Waals surface area (Å²) in [4.78, 5) is 0. The molecule has 0 N–H and O–H groups in total. The van der Waals surface area contributed by atoms with Gasteiger partial charge in [0.2, 0.25) is 0 Å². The summed E-state index contributed by atoms with van der Waals surface area (Å²) < 4.78 is 43.1. The van der Waals surface area contributed by atoms with Gasteiger partial charge in [0.25, 0.3) is 0 Å². The van der Waals surface area contributed by atoms with Gasteiger partial charge in [-0.1, -0.05) is 0 Å². The standard InChI is InChI=1S/C6H15FO3Si.C6H16O3Si/c1-4-8-11(7,9-5-2)10-6-3;1-4-7-10(8-5-2)9-6-3/h4-6H2,1-3H3;10H,4-6H2,1-3H3. The maximum absolute atomic E-state index is 13.3. The first kappa shape index (κ1) is 23.4. The van der Waals surface area contributed by atoms with Crippen LogP contribution in [0.3, 0.4) is 0 Å². The van der Waals surface area contributed by atoms with Crippen molar-refractivity contribution in [2.45, 2.75) is 41.5 Å². The molecule has 0 fully saturated rings. The van der Waals surface area contributed by atoms with Gasteiger partial charge in [0, 0.05) is 39.6 Å². The Morgan fingerprint density at radius 2 is 0.905 bits per heavy atom. The quantitative estimate of drug-likeness (QED) is 0.399. The van der Waals surface area contributed by atoms with Crippen LogP contribution in [0.15, 0.2) is 0 Å². The largest absolute Gasteiger partial charge is 0.720 e. The second kappa shape index (κ2) is 16.5. The van der Waals surface area contributed by atoms with Gasteiger partial charge in [-0.05, 0) is 41.5 Å². The Morgan fingerprint density at radius 1 is 0.619 bits per heavy atom. The maximum Gasteiger partial charge on any atom is 0.720 e. The van der Waals surface area contributed by atoms with E-state index in [0.29, 0.717) is 19.8 Å². The predicted octanol–water partition coefficient (Wildman–Crippen LogP) is 2.31. The molecule has 0 aliphatic heterocycles. The zero-order valence-electron chi connectivity index (χ0n) is 14.1. The molecule has 0 saturated heterocycles. The van der Waals surface area contributed by atoms with E-state index in [1.165, 1.54) is 0 Å². The van der Waals surface area contributed by atoms with E-state index in [1.54, 1.807) is 20.8 Å². The van der Waals surface area contributed by atoms with Gasteiger partial charge in [-0.3, -0.25) is 0 Å². The molecule has 0 aliphatic rings. The van der Waals surface area contributed by atoms with E-state index in [2.05, 4.69) is 0 Å². The van der Waals surface area contributed by atoms with Crippen LogP contribution >= 0.6 is 0 Å². The van der Waals surface area contributed by atoms with E-state index in [9.17, 15) is 4.11 Å². The summed E-state index contributed by atoms with van der Waals surface area (Å²) in [6.07, 6.45) is 0. The van der Waals surface area contributed by atoms with Gasteiger partial charge in [0.1, 0.15) is 0 Å². The molecule has 0 atom stereocenters. The smallest absolute Gasteiger partial charge is 0.376 e. The highest BCUT2D eigenvalue weighted by molar-refractivity contribution is 6.52. The van der Waals surface area contributed by atoms with Crippen molar-refractivity contribution in [3.8, 4) is 0 Å². The van der Waals surface area contributed by atoms with Crippen LogP contribution in [-0.2, 0) is 26.6 Å². The van der Waals surface area contributed by atoms with E-state index in [4.69, 9.17) is 26.6 Å². The summed E-state index contributed by atoms with van der Waals surface area (Å²) in [6, 6.07) is 0. The second-order valence-electron chi connectivity index (χ2n) is 3.44. The minimum Gasteiger partial charge on any atom is -0.376 e. The Bertz CT molecular complexity index is 183. The summed E-state index contributed by atoms with van der Waals surface area (Å²) in [5.41, 5.74) is 0. The van der Waals surface area contributed by atoms with Gasteiger partial charge in [0.15, 0.2) is 0 Å². The molecule has 6 nitrogen and oxygen atoms in total. The van der Waals surface area contributed by atoms with Crippen LogP contribution in [0, 0.1) is 0 Å². The lowest BCUT2D eigenvalue weighted by molar-refractivity contribution is 0.0306. The normalized spacial score (nSPS) is 11.4. The van der Waals surface area contributed by atoms with Crippen LogP contribution < -0.4 is 0 Å². The van der Waals surface area contributed by atoms with Crippen molar-refractivity contribution in [1.82, 2.24) is 0 Å². The van der Waals surface area contributed by atoms with E-state index < -0.39 is 18.7 Å². The second-order valence-corrected chi connectivity index (χ2v) is 6.84. The highest BCUT2D eigenvalue weighted by atomic mass is 28.4. The van der Waals surface area contributed by atoms with Crippen molar-refractivity contribution in [3.63, 3.8) is 0 Å². The summed E-state index contributed by atoms with van der Waals surface area (Å²) >= 11 is 0. The fourth-order valence-corrected chi connectivity index (χ4v) is 3.58. The van der Waals surface area contributed by atoms with Crippen LogP contribution in [0.1, 0.15) is 41.5 Å². The third-order valence-electron chi connectivity index (χ3n) is 1.86. The van der Waals surface area contributed by atoms with Crippen molar-refractivity contribution in [3.05, 3.63) is 0 Å². The van der Waals surface area contributed by atoms with Gasteiger partial charge in [-0.25, -0.2) is 4.11 Å². The van der Waals surface area contributed by atoms with Crippen molar-refractivity contribution in [2.24, 2.45) is 0 Å². The van der Waals surface area contributed by atoms with E-state index in [1.807, 2.05) is 20.8 Å². The molecule has 21 heavy (non-hydrogen) atoms. The van der Waals surface area contributed by atoms with Gasteiger partial charge in [-0.2, -0.15) is 0 Å². The number of hydrogen-bond donors (Lipinski definition) is 0. The highest BCUT2D eigenvalue weighted by Gasteiger charge is 2.43. The first-order chi connectivity index (χ1) is 10.0. The zero-order valence-corrected chi connectivity index (χ0v) is 16.3. The molecule has 0 saturated carbocycles. The predicted molar refractivity (Wildman–Crippen MR) is 83.8 cm³/mol. The van der Waals surface area contributed by atoms with E-state index in [0.717, 1.165) is 0 Å². The average Bonchev–Trinajstić information content (AvgIpc) is 2.41. The Labute approximate surface area is 131 Å². The molecule has 0 aliphatic carbocycles. The Hall–Kier alpha value is 0.124. The first-order valence-corrected chi connectivity index (χ1v) is 10.5. The Balaban J connectivity index is 0.